The molecule has 0 amide bonds. The summed E-state index contributed by atoms with van der Waals surface area (Å²) in [4.78, 5) is 8.62. The lowest BCUT2D eigenvalue weighted by atomic mass is 10.0. The highest BCUT2D eigenvalue weighted by Gasteiger charge is 2.20. The largest absolute Gasteiger partial charge is 0.386 e. The van der Waals surface area contributed by atoms with Gasteiger partial charge in [0, 0.05) is 11.1 Å². The van der Waals surface area contributed by atoms with E-state index in [0.29, 0.717) is 26.4 Å². The number of hydrogen-bond donors (Lipinski definition) is 1. The molecule has 0 saturated heterocycles. The molecule has 3 rings (SSSR count). The lowest BCUT2D eigenvalue weighted by Gasteiger charge is -2.05. The predicted octanol–water partition coefficient (Wildman–Crippen LogP) is 3.38. The molecule has 1 aromatic carbocycles. The van der Waals surface area contributed by atoms with Crippen LogP contribution < -0.4 is 5.73 Å². The van der Waals surface area contributed by atoms with Crippen LogP contribution in [0.3, 0.4) is 0 Å². The molecule has 0 unspecified atom stereocenters. The molecule has 0 spiro atoms. The zero-order chi connectivity index (χ0) is 13.4. The highest BCUT2D eigenvalue weighted by Crippen LogP contribution is 2.37. The predicted molar refractivity (Wildman–Crippen MR) is 77.5 cm³/mol. The molecule has 2 N–H and O–H groups in total. The van der Waals surface area contributed by atoms with Crippen molar-refractivity contribution in [1.29, 1.82) is 0 Å². The number of nitrogens with two attached hydrogens (primary N) is 1. The Kier molecular flexibility index (Phi) is 3.08. The third-order valence-electron chi connectivity index (χ3n) is 2.71. The molecular weight excluding hydrogens is 285 g/mol. The van der Waals surface area contributed by atoms with Crippen LogP contribution in [0.2, 0.25) is 4.34 Å². The van der Waals surface area contributed by atoms with Gasteiger partial charge in [-0.1, -0.05) is 23.7 Å². The minimum atomic E-state index is -0.324. The number of nitrogens with zero attached hydrogens (tertiary/aromatic N) is 2. The minimum Gasteiger partial charge on any atom is -0.386 e. The molecule has 0 radical (unpaired) electrons. The molecule has 19 heavy (non-hydrogen) atoms. The van der Waals surface area contributed by atoms with Gasteiger partial charge in [-0.05, 0) is 18.2 Å². The molecule has 1 aliphatic heterocycles. The first-order valence-electron chi connectivity index (χ1n) is 5.57. The van der Waals surface area contributed by atoms with Crippen LogP contribution in [0.25, 0.3) is 0 Å². The van der Waals surface area contributed by atoms with Gasteiger partial charge in [-0.2, -0.15) is 0 Å². The van der Waals surface area contributed by atoms with Crippen LogP contribution in [0.4, 0.5) is 9.39 Å². The van der Waals surface area contributed by atoms with Crippen molar-refractivity contribution in [1.82, 2.24) is 0 Å². The molecular formula is C13H9ClFN3S. The fraction of sp³-hybridized carbons (Fsp3) is 0.0769. The summed E-state index contributed by atoms with van der Waals surface area (Å²) >= 11 is 7.31. The van der Waals surface area contributed by atoms with Gasteiger partial charge in [0.2, 0.25) is 0 Å². The van der Waals surface area contributed by atoms with E-state index < -0.39 is 0 Å². The van der Waals surface area contributed by atoms with Gasteiger partial charge in [-0.25, -0.2) is 9.38 Å². The Morgan fingerprint density at radius 1 is 1.26 bits per heavy atom. The van der Waals surface area contributed by atoms with Crippen molar-refractivity contribution in [3.05, 3.63) is 51.6 Å². The lowest BCUT2D eigenvalue weighted by molar-refractivity contribution is 0.625. The monoisotopic (exact) mass is 293 g/mol. The zero-order valence-electron chi connectivity index (χ0n) is 9.73. The Bertz CT molecular complexity index is 706. The van der Waals surface area contributed by atoms with Gasteiger partial charge in [0.05, 0.1) is 16.6 Å². The summed E-state index contributed by atoms with van der Waals surface area (Å²) in [6.45, 7) is 0.253. The van der Waals surface area contributed by atoms with E-state index in [1.807, 2.05) is 0 Å². The van der Waals surface area contributed by atoms with E-state index in [1.165, 1.54) is 17.4 Å². The fourth-order valence-corrected chi connectivity index (χ4v) is 3.02. The van der Waals surface area contributed by atoms with Crippen molar-refractivity contribution in [2.24, 2.45) is 15.7 Å². The molecule has 1 aliphatic rings. The number of rotatable bonds is 1. The van der Waals surface area contributed by atoms with Gasteiger partial charge in [0.15, 0.2) is 0 Å². The third kappa shape index (κ3) is 2.27. The normalized spacial score (nSPS) is 14.4. The average Bonchev–Trinajstić information content (AvgIpc) is 2.65. The molecule has 6 heteroatoms. The van der Waals surface area contributed by atoms with Gasteiger partial charge >= 0.3 is 0 Å². The van der Waals surface area contributed by atoms with E-state index >= 15 is 0 Å². The molecule has 0 saturated carbocycles. The molecule has 3 nitrogen and oxygen atoms in total. The van der Waals surface area contributed by atoms with Crippen molar-refractivity contribution in [3.63, 3.8) is 0 Å². The summed E-state index contributed by atoms with van der Waals surface area (Å²) in [6, 6.07) is 8.24. The first-order chi connectivity index (χ1) is 9.15. The molecule has 1 aromatic heterocycles. The Balaban J connectivity index is 2.21. The maximum Gasteiger partial charge on any atom is 0.132 e. The van der Waals surface area contributed by atoms with E-state index in [2.05, 4.69) is 9.98 Å². The zero-order valence-corrected chi connectivity index (χ0v) is 11.3. The van der Waals surface area contributed by atoms with Crippen LogP contribution in [0.1, 0.15) is 11.1 Å². The molecule has 2 aromatic rings. The van der Waals surface area contributed by atoms with Gasteiger partial charge < -0.3 is 5.73 Å². The van der Waals surface area contributed by atoms with Crippen LogP contribution in [-0.4, -0.2) is 18.1 Å². The second kappa shape index (κ2) is 4.75. The Labute approximate surface area is 118 Å². The first kappa shape index (κ1) is 12.3. The van der Waals surface area contributed by atoms with Crippen LogP contribution >= 0.6 is 22.9 Å². The van der Waals surface area contributed by atoms with E-state index in [0.717, 1.165) is 5.56 Å². The van der Waals surface area contributed by atoms with Gasteiger partial charge in [-0.15, -0.1) is 11.3 Å². The topological polar surface area (TPSA) is 50.7 Å². The lowest BCUT2D eigenvalue weighted by Crippen LogP contribution is -2.15. The van der Waals surface area contributed by atoms with Crippen molar-refractivity contribution < 1.29 is 4.39 Å². The minimum absolute atomic E-state index is 0.253. The second-order valence-electron chi connectivity index (χ2n) is 4.02. The highest BCUT2D eigenvalue weighted by molar-refractivity contribution is 7.20. The SMILES string of the molecule is NC1=Nc2sc(Cl)cc2C(c2ccccc2F)=NC1. The molecule has 2 heterocycles. The summed E-state index contributed by atoms with van der Waals surface area (Å²) in [5, 5.41) is 0.669. The van der Waals surface area contributed by atoms with Gasteiger partial charge in [-0.3, -0.25) is 4.99 Å². The van der Waals surface area contributed by atoms with Crippen molar-refractivity contribution in [2.45, 2.75) is 0 Å². The number of thiophene rings is 1. The molecule has 0 atom stereocenters. The fourth-order valence-electron chi connectivity index (χ4n) is 1.90. The average molecular weight is 294 g/mol. The molecule has 0 aliphatic carbocycles. The Hall–Kier alpha value is -1.72. The number of amidine groups is 1. The maximum absolute atomic E-state index is 13.9. The highest BCUT2D eigenvalue weighted by atomic mass is 35.5. The van der Waals surface area contributed by atoms with Crippen LogP contribution in [0, 0.1) is 5.82 Å². The quantitative estimate of drug-likeness (QED) is 0.861. The molecule has 0 fully saturated rings. The third-order valence-corrected chi connectivity index (χ3v) is 3.87. The Morgan fingerprint density at radius 2 is 2.05 bits per heavy atom. The molecule has 96 valence electrons. The van der Waals surface area contributed by atoms with Crippen molar-refractivity contribution in [2.75, 3.05) is 6.54 Å². The van der Waals surface area contributed by atoms with Crippen LogP contribution in [-0.2, 0) is 0 Å². The summed E-state index contributed by atoms with van der Waals surface area (Å²) in [5.41, 5.74) is 7.45. The van der Waals surface area contributed by atoms with E-state index in [1.54, 1.807) is 24.3 Å². The standard InChI is InChI=1S/C13H9ClFN3S/c14-10-5-8-12(7-3-1-2-4-9(7)15)17-6-11(16)18-13(8)19-10/h1-5H,6H2,(H2,16,18). The van der Waals surface area contributed by atoms with E-state index in [-0.39, 0.29) is 12.4 Å². The van der Waals surface area contributed by atoms with E-state index in [9.17, 15) is 4.39 Å². The summed E-state index contributed by atoms with van der Waals surface area (Å²) < 4.78 is 14.5. The summed E-state index contributed by atoms with van der Waals surface area (Å²) in [5.74, 6) is 0.0705. The number of halogens is 2. The van der Waals surface area contributed by atoms with Crippen LogP contribution in [0.5, 0.6) is 0 Å². The number of benzene rings is 1. The number of aliphatic imine (C=N–C) groups is 2. The van der Waals surface area contributed by atoms with Gasteiger partial charge in [0.1, 0.15) is 16.7 Å². The Morgan fingerprint density at radius 3 is 2.84 bits per heavy atom. The molecule has 0 bridgehead atoms. The number of fused-ring (bicyclic) bond motifs is 1. The summed E-state index contributed by atoms with van der Waals surface area (Å²) in [6.07, 6.45) is 0. The van der Waals surface area contributed by atoms with E-state index in [4.69, 9.17) is 17.3 Å². The van der Waals surface area contributed by atoms with Crippen molar-refractivity contribution >= 4 is 39.5 Å². The number of hydrogen-bond acceptors (Lipinski definition) is 4. The smallest absolute Gasteiger partial charge is 0.132 e. The van der Waals surface area contributed by atoms with Crippen molar-refractivity contribution in [3.8, 4) is 0 Å². The second-order valence-corrected chi connectivity index (χ2v) is 5.68. The maximum atomic E-state index is 13.9. The van der Waals surface area contributed by atoms with Gasteiger partial charge in [0.25, 0.3) is 0 Å². The first-order valence-corrected chi connectivity index (χ1v) is 6.76. The van der Waals surface area contributed by atoms with Crippen LogP contribution in [0.15, 0.2) is 40.3 Å². The summed E-state index contributed by atoms with van der Waals surface area (Å²) in [7, 11) is 0.